The van der Waals surface area contributed by atoms with Gasteiger partial charge < -0.3 is 30.9 Å². The number of ether oxygens (including phenoxy) is 1. The molecule has 0 aliphatic carbocycles. The van der Waals surface area contributed by atoms with Gasteiger partial charge in [-0.2, -0.15) is 0 Å². The third kappa shape index (κ3) is 7.90. The Hall–Kier alpha value is -4.79. The van der Waals surface area contributed by atoms with Crippen LogP contribution in [0.15, 0.2) is 71.6 Å². The highest BCUT2D eigenvalue weighted by molar-refractivity contribution is 7.92. The van der Waals surface area contributed by atoms with Gasteiger partial charge in [0.25, 0.3) is 10.0 Å². The summed E-state index contributed by atoms with van der Waals surface area (Å²) >= 11 is 0. The number of anilines is 5. The molecule has 42 heavy (non-hydrogen) atoms. The van der Waals surface area contributed by atoms with E-state index in [2.05, 4.69) is 36.0 Å². The summed E-state index contributed by atoms with van der Waals surface area (Å²) < 4.78 is 34.9. The molecule has 0 aliphatic rings. The smallest absolute Gasteiger partial charge is 0.263 e. The third-order valence-corrected chi connectivity index (χ3v) is 7.05. The first-order valence-electron chi connectivity index (χ1n) is 12.8. The van der Waals surface area contributed by atoms with E-state index in [4.69, 9.17) is 4.74 Å². The first-order chi connectivity index (χ1) is 20.1. The van der Waals surface area contributed by atoms with Crippen molar-refractivity contribution < 1.29 is 22.7 Å². The molecule has 0 bridgehead atoms. The molecule has 1 aromatic heterocycles. The minimum atomic E-state index is -4.16. The topological polar surface area (TPSA) is 167 Å². The highest BCUT2D eigenvalue weighted by Crippen LogP contribution is 2.31. The lowest BCUT2D eigenvalue weighted by atomic mass is 10.2. The second kappa shape index (κ2) is 13.2. The lowest BCUT2D eigenvalue weighted by molar-refractivity contribution is -0.117. The molecule has 3 aromatic carbocycles. The number of hydrogen-bond acceptors (Lipinski definition) is 10. The van der Waals surface area contributed by atoms with Gasteiger partial charge in [0.05, 0.1) is 36.1 Å². The molecular formula is C28H32N8O5S. The fourth-order valence-electron chi connectivity index (χ4n) is 3.94. The molecule has 13 nitrogen and oxygen atoms in total. The van der Waals surface area contributed by atoms with Gasteiger partial charge in [-0.05, 0) is 57.5 Å². The molecule has 14 heteroatoms. The van der Waals surface area contributed by atoms with E-state index in [0.29, 0.717) is 33.8 Å². The summed E-state index contributed by atoms with van der Waals surface area (Å²) in [5.74, 6) is -0.0212. The van der Waals surface area contributed by atoms with Crippen molar-refractivity contribution in [3.05, 3.63) is 66.7 Å². The van der Waals surface area contributed by atoms with Gasteiger partial charge in [-0.25, -0.2) is 18.4 Å². The number of methoxy groups -OCH3 is 1. The minimum absolute atomic E-state index is 0.0562. The number of aromatic nitrogens is 2. The van der Waals surface area contributed by atoms with Crippen molar-refractivity contribution in [3.63, 3.8) is 0 Å². The maximum absolute atomic E-state index is 13.5. The average molecular weight is 593 g/mol. The zero-order chi connectivity index (χ0) is 30.3. The highest BCUT2D eigenvalue weighted by Gasteiger charge is 2.20. The Kier molecular flexibility index (Phi) is 9.52. The molecule has 0 aliphatic heterocycles. The van der Waals surface area contributed by atoms with Crippen molar-refractivity contribution in [2.24, 2.45) is 0 Å². The van der Waals surface area contributed by atoms with Crippen LogP contribution in [-0.4, -0.2) is 76.4 Å². The third-order valence-electron chi connectivity index (χ3n) is 5.72. The molecule has 0 atom stereocenters. The number of rotatable bonds is 12. The van der Waals surface area contributed by atoms with E-state index in [0.717, 1.165) is 0 Å². The maximum Gasteiger partial charge on any atom is 0.263 e. The number of hydrogen-bond donors (Lipinski definition) is 5. The van der Waals surface area contributed by atoms with Crippen LogP contribution in [-0.2, 0) is 19.6 Å². The largest absolute Gasteiger partial charge is 0.497 e. The molecule has 0 spiro atoms. The van der Waals surface area contributed by atoms with Crippen LogP contribution in [0.2, 0.25) is 0 Å². The molecule has 0 radical (unpaired) electrons. The monoisotopic (exact) mass is 592 g/mol. The van der Waals surface area contributed by atoms with Gasteiger partial charge in [0.2, 0.25) is 11.8 Å². The average Bonchev–Trinajstić information content (AvgIpc) is 2.93. The number of para-hydroxylation sites is 2. The standard InChI is InChI=1S/C28H32N8O5S/c1-29-16-25(37)30-18-8-7-9-22(15-18)42(39,40)35-28-27(33-23-10-5-6-11-24(23)34-28)32-20-12-19(13-21(14-20)41-4)31-26(38)17-36(2)3/h5-15,29H,16-17H2,1-4H3,(H,30,37)(H,31,38)(H,32,33)(H,34,35). The fraction of sp³-hybridized carbons (Fsp3) is 0.214. The van der Waals surface area contributed by atoms with Crippen LogP contribution in [0.25, 0.3) is 11.0 Å². The molecule has 4 aromatic rings. The number of likely N-dealkylation sites (N-methyl/N-ethyl adjacent to an activating group) is 2. The Balaban J connectivity index is 1.69. The van der Waals surface area contributed by atoms with Crippen LogP contribution in [0.4, 0.5) is 28.7 Å². The first-order valence-corrected chi connectivity index (χ1v) is 14.3. The predicted molar refractivity (Wildman–Crippen MR) is 163 cm³/mol. The lowest BCUT2D eigenvalue weighted by Gasteiger charge is -2.16. The molecule has 220 valence electrons. The van der Waals surface area contributed by atoms with Crippen LogP contribution in [0.3, 0.4) is 0 Å². The molecule has 0 fully saturated rings. The normalized spacial score (nSPS) is 11.3. The van der Waals surface area contributed by atoms with E-state index >= 15 is 0 Å². The van der Waals surface area contributed by atoms with Gasteiger partial charge in [-0.1, -0.05) is 18.2 Å². The van der Waals surface area contributed by atoms with Crippen LogP contribution in [0.1, 0.15) is 0 Å². The number of nitrogens with zero attached hydrogens (tertiary/aromatic N) is 3. The molecule has 0 saturated carbocycles. The van der Waals surface area contributed by atoms with E-state index in [9.17, 15) is 18.0 Å². The van der Waals surface area contributed by atoms with Crippen molar-refractivity contribution >= 4 is 61.6 Å². The Morgan fingerprint density at radius 2 is 1.50 bits per heavy atom. The van der Waals surface area contributed by atoms with Crippen molar-refractivity contribution in [2.45, 2.75) is 4.90 Å². The number of carbonyl (C=O) groups is 2. The summed E-state index contributed by atoms with van der Waals surface area (Å²) in [6, 6.07) is 17.9. The first kappa shape index (κ1) is 30.2. The second-order valence-electron chi connectivity index (χ2n) is 9.48. The Bertz CT molecular complexity index is 1710. The minimum Gasteiger partial charge on any atom is -0.497 e. The van der Waals surface area contributed by atoms with Gasteiger partial charge in [0.15, 0.2) is 11.6 Å². The SMILES string of the molecule is CNCC(=O)Nc1cccc(S(=O)(=O)Nc2nc3ccccc3nc2Nc2cc(NC(=O)CN(C)C)cc(OC)c2)c1. The summed E-state index contributed by atoms with van der Waals surface area (Å²) in [5, 5.41) is 11.3. The maximum atomic E-state index is 13.5. The number of sulfonamides is 1. The number of nitrogens with one attached hydrogen (secondary N) is 5. The lowest BCUT2D eigenvalue weighted by Crippen LogP contribution is -2.27. The van der Waals surface area contributed by atoms with Crippen LogP contribution in [0.5, 0.6) is 5.75 Å². The highest BCUT2D eigenvalue weighted by atomic mass is 32.2. The number of benzene rings is 3. The summed E-state index contributed by atoms with van der Waals surface area (Å²) in [4.78, 5) is 35.1. The van der Waals surface area contributed by atoms with Crippen molar-refractivity contribution in [3.8, 4) is 5.75 Å². The second-order valence-corrected chi connectivity index (χ2v) is 11.2. The number of carbonyl (C=O) groups excluding carboxylic acids is 2. The van der Waals surface area contributed by atoms with E-state index < -0.39 is 10.0 Å². The van der Waals surface area contributed by atoms with E-state index in [1.807, 2.05) is 0 Å². The van der Waals surface area contributed by atoms with Gasteiger partial charge in [0.1, 0.15) is 5.75 Å². The van der Waals surface area contributed by atoms with Gasteiger partial charge >= 0.3 is 0 Å². The van der Waals surface area contributed by atoms with Crippen LogP contribution in [0, 0.1) is 0 Å². The van der Waals surface area contributed by atoms with Crippen molar-refractivity contribution in [2.75, 3.05) is 62.0 Å². The molecular weight excluding hydrogens is 560 g/mol. The Morgan fingerprint density at radius 3 is 2.17 bits per heavy atom. The number of amides is 2. The summed E-state index contributed by atoms with van der Waals surface area (Å²) in [5.41, 5.74) is 2.25. The molecule has 5 N–H and O–H groups in total. The van der Waals surface area contributed by atoms with E-state index in [1.54, 1.807) is 74.6 Å². The number of fused-ring (bicyclic) bond motifs is 1. The zero-order valence-electron chi connectivity index (χ0n) is 23.6. The predicted octanol–water partition coefficient (Wildman–Crippen LogP) is 2.84. The van der Waals surface area contributed by atoms with E-state index in [1.165, 1.54) is 25.3 Å². The van der Waals surface area contributed by atoms with E-state index in [-0.39, 0.29) is 41.4 Å². The van der Waals surface area contributed by atoms with Crippen molar-refractivity contribution in [1.29, 1.82) is 0 Å². The summed E-state index contributed by atoms with van der Waals surface area (Å²) in [6.45, 7) is 0.255. The molecule has 4 rings (SSSR count). The Labute approximate surface area is 243 Å². The van der Waals surface area contributed by atoms with Crippen LogP contribution < -0.4 is 30.7 Å². The van der Waals surface area contributed by atoms with Gasteiger partial charge in [-0.3, -0.25) is 14.3 Å². The fourth-order valence-corrected chi connectivity index (χ4v) is 4.99. The molecule has 0 saturated heterocycles. The summed E-state index contributed by atoms with van der Waals surface area (Å²) in [6.07, 6.45) is 0. The van der Waals surface area contributed by atoms with Crippen LogP contribution >= 0.6 is 0 Å². The van der Waals surface area contributed by atoms with Gasteiger partial charge in [-0.15, -0.1) is 0 Å². The molecule has 0 unspecified atom stereocenters. The summed E-state index contributed by atoms with van der Waals surface area (Å²) in [7, 11) is 2.54. The Morgan fingerprint density at radius 1 is 0.833 bits per heavy atom. The van der Waals surface area contributed by atoms with Crippen molar-refractivity contribution in [1.82, 2.24) is 20.2 Å². The molecule has 2 amide bonds. The quantitative estimate of drug-likeness (QED) is 0.165. The zero-order valence-corrected chi connectivity index (χ0v) is 24.4. The van der Waals surface area contributed by atoms with Gasteiger partial charge in [0, 0.05) is 29.2 Å². The molecule has 1 heterocycles.